The number of nitrogens with one attached hydrogen (secondary N) is 1. The maximum Gasteiger partial charge on any atom is 0.173 e. The van der Waals surface area contributed by atoms with Crippen LogP contribution in [0.4, 0.5) is 4.39 Å². The molecule has 1 aliphatic heterocycles. The molecule has 0 radical (unpaired) electrons. The van der Waals surface area contributed by atoms with Gasteiger partial charge in [0.05, 0.1) is 5.69 Å². The third-order valence-electron chi connectivity index (χ3n) is 3.44. The summed E-state index contributed by atoms with van der Waals surface area (Å²) in [6.07, 6.45) is 7.13. The third-order valence-corrected chi connectivity index (χ3v) is 3.44. The Morgan fingerprint density at radius 1 is 1.41 bits per heavy atom. The number of hydrogen-bond acceptors (Lipinski definition) is 2. The van der Waals surface area contributed by atoms with Crippen molar-refractivity contribution >= 4 is 5.65 Å². The first-order chi connectivity index (χ1) is 8.33. The van der Waals surface area contributed by atoms with Gasteiger partial charge in [-0.15, -0.1) is 0 Å². The molecule has 0 unspecified atom stereocenters. The van der Waals surface area contributed by atoms with Crippen molar-refractivity contribution in [2.45, 2.75) is 19.3 Å². The van der Waals surface area contributed by atoms with Crippen molar-refractivity contribution in [2.75, 3.05) is 13.1 Å². The molecule has 1 fully saturated rings. The van der Waals surface area contributed by atoms with Gasteiger partial charge in [-0.05, 0) is 50.4 Å². The molecule has 2 aromatic rings. The fourth-order valence-electron chi connectivity index (χ4n) is 2.51. The number of rotatable bonds is 2. The maximum absolute atomic E-state index is 13.5. The summed E-state index contributed by atoms with van der Waals surface area (Å²) in [7, 11) is 0. The number of pyridine rings is 1. The van der Waals surface area contributed by atoms with Gasteiger partial charge in [-0.1, -0.05) is 0 Å². The number of hydrogen-bond donors (Lipinski definition) is 1. The van der Waals surface area contributed by atoms with Crippen LogP contribution < -0.4 is 5.32 Å². The summed E-state index contributed by atoms with van der Waals surface area (Å²) in [6, 6.07) is 3.16. The van der Waals surface area contributed by atoms with Gasteiger partial charge in [0.1, 0.15) is 0 Å². The highest BCUT2D eigenvalue weighted by Gasteiger charge is 2.15. The van der Waals surface area contributed by atoms with E-state index in [0.717, 1.165) is 25.2 Å². The maximum atomic E-state index is 13.5. The summed E-state index contributed by atoms with van der Waals surface area (Å²) >= 11 is 0. The van der Waals surface area contributed by atoms with Crippen LogP contribution in [-0.4, -0.2) is 22.5 Å². The Bertz CT molecular complexity index is 514. The molecular formula is C13H16FN3. The van der Waals surface area contributed by atoms with Crippen LogP contribution in [0.15, 0.2) is 24.5 Å². The minimum absolute atomic E-state index is 0.246. The zero-order chi connectivity index (χ0) is 11.7. The molecule has 3 heterocycles. The number of aromatic nitrogens is 2. The normalized spacial score (nSPS) is 17.7. The van der Waals surface area contributed by atoms with E-state index >= 15 is 0 Å². The van der Waals surface area contributed by atoms with Crippen LogP contribution in [0.1, 0.15) is 18.5 Å². The van der Waals surface area contributed by atoms with E-state index in [-0.39, 0.29) is 5.82 Å². The molecule has 0 aromatic carbocycles. The third kappa shape index (κ3) is 2.17. The van der Waals surface area contributed by atoms with Crippen molar-refractivity contribution in [3.8, 4) is 0 Å². The van der Waals surface area contributed by atoms with Gasteiger partial charge in [-0.2, -0.15) is 0 Å². The summed E-state index contributed by atoms with van der Waals surface area (Å²) in [5.41, 5.74) is 1.44. The van der Waals surface area contributed by atoms with E-state index in [4.69, 9.17) is 0 Å². The van der Waals surface area contributed by atoms with E-state index in [1.165, 1.54) is 18.9 Å². The number of halogens is 1. The Labute approximate surface area is 99.7 Å². The molecular weight excluding hydrogens is 217 g/mol. The second-order valence-electron chi connectivity index (χ2n) is 4.72. The molecule has 0 atom stereocenters. The highest BCUT2D eigenvalue weighted by Crippen LogP contribution is 2.18. The average molecular weight is 233 g/mol. The predicted octanol–water partition coefficient (Wildman–Crippen LogP) is 2.02. The van der Waals surface area contributed by atoms with Crippen molar-refractivity contribution in [1.82, 2.24) is 14.7 Å². The molecule has 1 saturated heterocycles. The molecule has 90 valence electrons. The Balaban J connectivity index is 1.83. The molecule has 3 rings (SSSR count). The molecule has 0 spiro atoms. The van der Waals surface area contributed by atoms with Gasteiger partial charge in [0.2, 0.25) is 0 Å². The van der Waals surface area contributed by atoms with Crippen molar-refractivity contribution < 1.29 is 4.39 Å². The molecule has 1 aliphatic rings. The molecule has 0 amide bonds. The Morgan fingerprint density at radius 3 is 3.00 bits per heavy atom. The highest BCUT2D eigenvalue weighted by atomic mass is 19.1. The highest BCUT2D eigenvalue weighted by molar-refractivity contribution is 5.41. The Kier molecular flexibility index (Phi) is 2.81. The van der Waals surface area contributed by atoms with E-state index in [2.05, 4.69) is 10.3 Å². The van der Waals surface area contributed by atoms with Crippen LogP contribution in [0.5, 0.6) is 0 Å². The molecule has 0 bridgehead atoms. The van der Waals surface area contributed by atoms with Crippen molar-refractivity contribution in [3.05, 3.63) is 36.0 Å². The quantitative estimate of drug-likeness (QED) is 0.859. The first-order valence-corrected chi connectivity index (χ1v) is 6.16. The van der Waals surface area contributed by atoms with E-state index < -0.39 is 0 Å². The van der Waals surface area contributed by atoms with Crippen LogP contribution in [0, 0.1) is 11.7 Å². The van der Waals surface area contributed by atoms with Crippen LogP contribution in [-0.2, 0) is 6.42 Å². The van der Waals surface area contributed by atoms with E-state index in [9.17, 15) is 4.39 Å². The number of imidazole rings is 1. The minimum atomic E-state index is -0.246. The molecule has 1 N–H and O–H groups in total. The SMILES string of the molecule is Fc1cccn2cc(CC3CCNCC3)nc12. The average Bonchev–Trinajstić information content (AvgIpc) is 2.74. The smallest absolute Gasteiger partial charge is 0.173 e. The first-order valence-electron chi connectivity index (χ1n) is 6.16. The lowest BCUT2D eigenvalue weighted by Gasteiger charge is -2.21. The molecule has 0 aliphatic carbocycles. The largest absolute Gasteiger partial charge is 0.317 e. The topological polar surface area (TPSA) is 29.3 Å². The van der Waals surface area contributed by atoms with Gasteiger partial charge < -0.3 is 9.72 Å². The molecule has 3 nitrogen and oxygen atoms in total. The fraction of sp³-hybridized carbons (Fsp3) is 0.462. The lowest BCUT2D eigenvalue weighted by molar-refractivity contribution is 0.370. The summed E-state index contributed by atoms with van der Waals surface area (Å²) in [5.74, 6) is 0.438. The van der Waals surface area contributed by atoms with Crippen molar-refractivity contribution in [3.63, 3.8) is 0 Å². The second-order valence-corrected chi connectivity index (χ2v) is 4.72. The van der Waals surface area contributed by atoms with Gasteiger partial charge in [0.25, 0.3) is 0 Å². The zero-order valence-corrected chi connectivity index (χ0v) is 9.69. The monoisotopic (exact) mass is 233 g/mol. The minimum Gasteiger partial charge on any atom is -0.317 e. The van der Waals surface area contributed by atoms with Crippen LogP contribution >= 0.6 is 0 Å². The van der Waals surface area contributed by atoms with Crippen LogP contribution in [0.2, 0.25) is 0 Å². The zero-order valence-electron chi connectivity index (χ0n) is 9.69. The van der Waals surface area contributed by atoms with Gasteiger partial charge >= 0.3 is 0 Å². The van der Waals surface area contributed by atoms with Gasteiger partial charge in [-0.3, -0.25) is 0 Å². The van der Waals surface area contributed by atoms with Crippen molar-refractivity contribution in [1.29, 1.82) is 0 Å². The lowest BCUT2D eigenvalue weighted by atomic mass is 9.93. The predicted molar refractivity (Wildman–Crippen MR) is 64.4 cm³/mol. The summed E-state index contributed by atoms with van der Waals surface area (Å²) in [5, 5.41) is 3.35. The van der Waals surface area contributed by atoms with E-state index in [1.807, 2.05) is 12.4 Å². The van der Waals surface area contributed by atoms with Crippen LogP contribution in [0.25, 0.3) is 5.65 Å². The number of nitrogens with zero attached hydrogens (tertiary/aromatic N) is 2. The van der Waals surface area contributed by atoms with E-state index in [1.54, 1.807) is 10.5 Å². The number of piperidine rings is 1. The van der Waals surface area contributed by atoms with Gasteiger partial charge in [0, 0.05) is 12.4 Å². The lowest BCUT2D eigenvalue weighted by Crippen LogP contribution is -2.28. The summed E-state index contributed by atoms with van der Waals surface area (Å²) in [6.45, 7) is 2.18. The summed E-state index contributed by atoms with van der Waals surface area (Å²) in [4.78, 5) is 4.37. The Morgan fingerprint density at radius 2 is 2.24 bits per heavy atom. The van der Waals surface area contributed by atoms with Gasteiger partial charge in [-0.25, -0.2) is 9.37 Å². The summed E-state index contributed by atoms with van der Waals surface area (Å²) < 4.78 is 15.3. The fourth-order valence-corrected chi connectivity index (χ4v) is 2.51. The second kappa shape index (κ2) is 4.45. The standard InChI is InChI=1S/C13H16FN3/c14-12-2-1-7-17-9-11(16-13(12)17)8-10-3-5-15-6-4-10/h1-2,7,9-10,15H,3-6,8H2. The van der Waals surface area contributed by atoms with Gasteiger partial charge in [0.15, 0.2) is 11.5 Å². The molecule has 4 heteroatoms. The molecule has 17 heavy (non-hydrogen) atoms. The van der Waals surface area contributed by atoms with Crippen molar-refractivity contribution in [2.24, 2.45) is 5.92 Å². The van der Waals surface area contributed by atoms with Crippen LogP contribution in [0.3, 0.4) is 0 Å². The Hall–Kier alpha value is -1.42. The van der Waals surface area contributed by atoms with E-state index in [0.29, 0.717) is 11.6 Å². The first kappa shape index (κ1) is 10.7. The molecule has 2 aromatic heterocycles. The molecule has 0 saturated carbocycles. The number of fused-ring (bicyclic) bond motifs is 1.